The molecule has 4 aliphatic rings. The van der Waals surface area contributed by atoms with Crippen molar-refractivity contribution < 1.29 is 18.8 Å². The number of halogens is 1. The van der Waals surface area contributed by atoms with E-state index in [1.54, 1.807) is 11.1 Å². The molecular formula is C35H32FN5O3. The summed E-state index contributed by atoms with van der Waals surface area (Å²) in [5, 5.41) is 16.0. The summed E-state index contributed by atoms with van der Waals surface area (Å²) in [6.45, 7) is 3.82. The number of nitrogens with zero attached hydrogens (tertiary/aromatic N) is 5. The molecule has 2 aliphatic carbocycles. The van der Waals surface area contributed by atoms with Crippen LogP contribution >= 0.6 is 0 Å². The highest BCUT2D eigenvalue weighted by Crippen LogP contribution is 2.45. The highest BCUT2D eigenvalue weighted by molar-refractivity contribution is 6.19. The first-order valence-corrected chi connectivity index (χ1v) is 15.0. The number of benzene rings is 3. The summed E-state index contributed by atoms with van der Waals surface area (Å²) in [6.07, 6.45) is 4.91. The first-order chi connectivity index (χ1) is 21.3. The normalized spacial score (nSPS) is 26.8. The van der Waals surface area contributed by atoms with Gasteiger partial charge in [-0.15, -0.1) is 0 Å². The minimum atomic E-state index is -1.14. The van der Waals surface area contributed by atoms with Crippen LogP contribution in [0.2, 0.25) is 0 Å². The first kappa shape index (κ1) is 28.0. The number of hydrazone groups is 1. The molecule has 0 spiro atoms. The number of carbonyl (C=O) groups excluding carboxylic acids is 3. The van der Waals surface area contributed by atoms with E-state index in [0.717, 1.165) is 47.2 Å². The van der Waals surface area contributed by atoms with Crippen LogP contribution in [-0.4, -0.2) is 51.8 Å². The predicted molar refractivity (Wildman–Crippen MR) is 163 cm³/mol. The lowest BCUT2D eigenvalue weighted by atomic mass is 9.77. The van der Waals surface area contributed by atoms with Gasteiger partial charge in [0.2, 0.25) is 0 Å². The summed E-state index contributed by atoms with van der Waals surface area (Å²) < 4.78 is 13.9. The molecule has 2 fully saturated rings. The van der Waals surface area contributed by atoms with E-state index in [4.69, 9.17) is 5.10 Å². The molecule has 5 atom stereocenters. The topological polar surface area (TPSA) is 94.8 Å². The Morgan fingerprint density at radius 1 is 0.932 bits per heavy atom. The van der Waals surface area contributed by atoms with Crippen molar-refractivity contribution in [3.8, 4) is 0 Å². The second-order valence-electron chi connectivity index (χ2n) is 12.1. The van der Waals surface area contributed by atoms with Crippen molar-refractivity contribution in [2.45, 2.75) is 57.2 Å². The third-order valence-corrected chi connectivity index (χ3v) is 9.14. The molecule has 222 valence electrons. The SMILES string of the molecule is Cc1ccc(/C=C2\CCCC3C2=NN(C(=O)CN2N=N[C@@H]4C(=O)C(c5cccc(F)c5)C(=O)[C@H]42)[C@@H]3c2ccc(C)cc2)cc1. The van der Waals surface area contributed by atoms with Gasteiger partial charge < -0.3 is 0 Å². The van der Waals surface area contributed by atoms with Crippen molar-refractivity contribution >= 4 is 29.3 Å². The summed E-state index contributed by atoms with van der Waals surface area (Å²) in [7, 11) is 0. The molecule has 0 N–H and O–H groups in total. The average Bonchev–Trinajstić information content (AvgIpc) is 3.68. The van der Waals surface area contributed by atoms with E-state index in [-0.39, 0.29) is 24.4 Å². The first-order valence-electron chi connectivity index (χ1n) is 15.0. The van der Waals surface area contributed by atoms with Gasteiger partial charge in [0.05, 0.1) is 11.8 Å². The summed E-state index contributed by atoms with van der Waals surface area (Å²) >= 11 is 0. The van der Waals surface area contributed by atoms with Crippen LogP contribution in [0.5, 0.6) is 0 Å². The maximum absolute atomic E-state index is 14.1. The molecule has 0 aromatic heterocycles. The van der Waals surface area contributed by atoms with Gasteiger partial charge in [0, 0.05) is 5.92 Å². The van der Waals surface area contributed by atoms with Gasteiger partial charge in [-0.3, -0.25) is 19.4 Å². The van der Waals surface area contributed by atoms with Crippen molar-refractivity contribution in [2.24, 2.45) is 21.4 Å². The monoisotopic (exact) mass is 589 g/mol. The number of carbonyl (C=O) groups is 3. The van der Waals surface area contributed by atoms with Gasteiger partial charge in [-0.1, -0.05) is 77.0 Å². The molecule has 9 heteroatoms. The maximum atomic E-state index is 14.1. The van der Waals surface area contributed by atoms with Crippen molar-refractivity contribution in [2.75, 3.05) is 6.54 Å². The molecule has 8 nitrogen and oxygen atoms in total. The minimum absolute atomic E-state index is 0.0205. The van der Waals surface area contributed by atoms with E-state index in [9.17, 15) is 18.8 Å². The van der Waals surface area contributed by atoms with Crippen LogP contribution in [0.15, 0.2) is 93.8 Å². The molecule has 2 unspecified atom stereocenters. The van der Waals surface area contributed by atoms with Crippen LogP contribution < -0.4 is 0 Å². The van der Waals surface area contributed by atoms with Gasteiger partial charge >= 0.3 is 0 Å². The third-order valence-electron chi connectivity index (χ3n) is 9.14. The Kier molecular flexibility index (Phi) is 7.03. The Morgan fingerprint density at radius 2 is 1.66 bits per heavy atom. The molecule has 2 aliphatic heterocycles. The minimum Gasteiger partial charge on any atom is -0.296 e. The van der Waals surface area contributed by atoms with E-state index in [1.165, 1.54) is 28.8 Å². The lowest BCUT2D eigenvalue weighted by molar-refractivity contribution is -0.136. The standard InChI is InChI=1S/C35H32FN5O3/c1-20-9-13-22(14-10-20)17-25-6-4-8-27-30(25)38-41(32(27)23-15-11-21(2)12-16-23)28(42)19-40-33-31(37-39-40)34(43)29(35(33)44)24-5-3-7-26(36)18-24/h3,5,7,9-18,27,29,31-33H,4,6,8,19H2,1-2H3/b25-17+/t27?,29?,31-,32+,33-/m0/s1. The van der Waals surface area contributed by atoms with Crippen LogP contribution in [0.1, 0.15) is 59.0 Å². The van der Waals surface area contributed by atoms with Gasteiger partial charge in [-0.2, -0.15) is 10.2 Å². The number of rotatable bonds is 5. The highest BCUT2D eigenvalue weighted by Gasteiger charge is 2.56. The van der Waals surface area contributed by atoms with E-state index >= 15 is 0 Å². The van der Waals surface area contributed by atoms with E-state index in [1.807, 2.05) is 31.2 Å². The second-order valence-corrected chi connectivity index (χ2v) is 12.1. The quantitative estimate of drug-likeness (QED) is 0.345. The molecule has 0 bridgehead atoms. The van der Waals surface area contributed by atoms with Gasteiger partial charge in [0.15, 0.2) is 17.6 Å². The lowest BCUT2D eigenvalue weighted by Crippen LogP contribution is -2.44. The summed E-state index contributed by atoms with van der Waals surface area (Å²) in [5.74, 6) is -2.83. The summed E-state index contributed by atoms with van der Waals surface area (Å²) in [6, 6.07) is 19.7. The van der Waals surface area contributed by atoms with Crippen LogP contribution in [-0.2, 0) is 14.4 Å². The van der Waals surface area contributed by atoms with E-state index in [2.05, 4.69) is 47.6 Å². The fourth-order valence-electron chi connectivity index (χ4n) is 6.92. The van der Waals surface area contributed by atoms with Gasteiger partial charge in [0.25, 0.3) is 5.91 Å². The molecular weight excluding hydrogens is 557 g/mol. The molecule has 3 aromatic rings. The van der Waals surface area contributed by atoms with E-state index < -0.39 is 35.4 Å². The van der Waals surface area contributed by atoms with Crippen molar-refractivity contribution in [1.82, 2.24) is 10.0 Å². The lowest BCUT2D eigenvalue weighted by Gasteiger charge is -2.30. The van der Waals surface area contributed by atoms with Gasteiger partial charge in [-0.25, -0.2) is 9.40 Å². The van der Waals surface area contributed by atoms with Gasteiger partial charge in [0.1, 0.15) is 24.3 Å². The predicted octanol–water partition coefficient (Wildman–Crippen LogP) is 5.92. The van der Waals surface area contributed by atoms with Crippen molar-refractivity contribution in [3.63, 3.8) is 0 Å². The Balaban J connectivity index is 1.19. The number of ketones is 2. The third kappa shape index (κ3) is 4.86. The largest absolute Gasteiger partial charge is 0.296 e. The number of fused-ring (bicyclic) bond motifs is 2. The Bertz CT molecular complexity index is 1750. The fraction of sp³-hybridized carbons (Fsp3) is 0.314. The van der Waals surface area contributed by atoms with Crippen LogP contribution in [0.3, 0.4) is 0 Å². The van der Waals surface area contributed by atoms with Crippen LogP contribution in [0.4, 0.5) is 4.39 Å². The smallest absolute Gasteiger partial charge is 0.264 e. The van der Waals surface area contributed by atoms with E-state index in [0.29, 0.717) is 5.56 Å². The Labute approximate surface area is 254 Å². The molecule has 44 heavy (non-hydrogen) atoms. The Morgan fingerprint density at radius 3 is 2.39 bits per heavy atom. The number of amides is 1. The van der Waals surface area contributed by atoms with Crippen LogP contribution in [0.25, 0.3) is 6.08 Å². The molecule has 0 saturated heterocycles. The number of aryl methyl sites for hydroxylation is 2. The number of Topliss-reactive ketones (excluding diaryl/α,β-unsaturated/α-hetero) is 2. The number of allylic oxidation sites excluding steroid dienone is 1. The van der Waals surface area contributed by atoms with Crippen molar-refractivity contribution in [1.29, 1.82) is 0 Å². The molecule has 0 radical (unpaired) electrons. The zero-order chi connectivity index (χ0) is 30.5. The Hall–Kier alpha value is -4.79. The van der Waals surface area contributed by atoms with Gasteiger partial charge in [-0.05, 0) is 73.6 Å². The van der Waals surface area contributed by atoms with Crippen molar-refractivity contribution in [3.05, 3.63) is 112 Å². The average molecular weight is 590 g/mol. The molecule has 7 rings (SSSR count). The molecule has 2 heterocycles. The fourth-order valence-corrected chi connectivity index (χ4v) is 6.92. The second kappa shape index (κ2) is 11.0. The summed E-state index contributed by atoms with van der Waals surface area (Å²) in [5.41, 5.74) is 6.71. The molecule has 2 saturated carbocycles. The highest BCUT2D eigenvalue weighted by atomic mass is 19.1. The number of hydrogen-bond donors (Lipinski definition) is 0. The zero-order valence-corrected chi connectivity index (χ0v) is 24.6. The number of hydrogen-bond acceptors (Lipinski definition) is 7. The summed E-state index contributed by atoms with van der Waals surface area (Å²) in [4.78, 5) is 40.8. The zero-order valence-electron chi connectivity index (χ0n) is 24.6. The molecule has 1 amide bonds. The molecule has 3 aromatic carbocycles. The maximum Gasteiger partial charge on any atom is 0.264 e. The van der Waals surface area contributed by atoms with Crippen LogP contribution in [0, 0.1) is 25.6 Å².